The number of aryl methyl sites for hydroxylation is 1. The van der Waals surface area contributed by atoms with E-state index in [0.717, 1.165) is 22.1 Å². The first-order chi connectivity index (χ1) is 11.6. The Kier molecular flexibility index (Phi) is 5.01. The Morgan fingerprint density at radius 2 is 1.92 bits per heavy atom. The first-order valence-electron chi connectivity index (χ1n) is 8.09. The summed E-state index contributed by atoms with van der Waals surface area (Å²) in [5.74, 6) is 0.849. The predicted molar refractivity (Wildman–Crippen MR) is 95.7 cm³/mol. The van der Waals surface area contributed by atoms with Gasteiger partial charge in [0.25, 0.3) is 0 Å². The van der Waals surface area contributed by atoms with Crippen LogP contribution in [0.15, 0.2) is 30.3 Å². The van der Waals surface area contributed by atoms with E-state index >= 15 is 0 Å². The molecule has 1 atom stereocenters. The van der Waals surface area contributed by atoms with Crippen molar-refractivity contribution in [3.63, 3.8) is 0 Å². The number of hydrogen-bond donors (Lipinski definition) is 1. The molecule has 7 heteroatoms. The van der Waals surface area contributed by atoms with Crippen LogP contribution in [0.2, 0.25) is 0 Å². The molecule has 0 saturated heterocycles. The average Bonchev–Trinajstić information content (AvgIpc) is 3.20. The summed E-state index contributed by atoms with van der Waals surface area (Å²) < 4.78 is 1.84. The van der Waals surface area contributed by atoms with Crippen LogP contribution in [-0.2, 0) is 6.54 Å². The molecule has 3 aromatic rings. The first kappa shape index (κ1) is 16.7. The lowest BCUT2D eigenvalue weighted by Gasteiger charge is -2.13. The maximum absolute atomic E-state index is 4.73. The van der Waals surface area contributed by atoms with Gasteiger partial charge in [0, 0.05) is 16.5 Å². The number of tetrazole rings is 1. The number of thiazole rings is 1. The smallest absolute Gasteiger partial charge is 0.165 e. The fourth-order valence-electron chi connectivity index (χ4n) is 2.58. The Balaban J connectivity index is 1.72. The molecule has 2 aromatic heterocycles. The van der Waals surface area contributed by atoms with Gasteiger partial charge in [0.15, 0.2) is 5.82 Å². The Labute approximate surface area is 145 Å². The third-order valence-corrected chi connectivity index (χ3v) is 5.25. The Hall–Kier alpha value is -2.12. The monoisotopic (exact) mass is 342 g/mol. The van der Waals surface area contributed by atoms with Crippen molar-refractivity contribution in [2.24, 2.45) is 0 Å². The van der Waals surface area contributed by atoms with Gasteiger partial charge >= 0.3 is 0 Å². The summed E-state index contributed by atoms with van der Waals surface area (Å²) in [7, 11) is 0. The normalized spacial score (nSPS) is 12.7. The van der Waals surface area contributed by atoms with Crippen molar-refractivity contribution in [1.29, 1.82) is 0 Å². The Bertz CT molecular complexity index is 793. The standard InChI is InChI=1S/C17H22N6S/c1-11(2)23-15(20-21-22-23)10-18-12(3)16-13(4)19-17(24-16)14-8-6-5-7-9-14/h5-9,11-12,18H,10H2,1-4H3/t12-/m1/s1. The van der Waals surface area contributed by atoms with E-state index in [1.54, 1.807) is 11.3 Å². The van der Waals surface area contributed by atoms with Crippen LogP contribution in [0, 0.1) is 6.92 Å². The highest BCUT2D eigenvalue weighted by atomic mass is 32.1. The van der Waals surface area contributed by atoms with Gasteiger partial charge in [-0.3, -0.25) is 0 Å². The molecule has 126 valence electrons. The highest BCUT2D eigenvalue weighted by molar-refractivity contribution is 7.15. The number of rotatable bonds is 6. The molecular weight excluding hydrogens is 320 g/mol. The molecule has 0 spiro atoms. The van der Waals surface area contributed by atoms with Crippen LogP contribution in [0.5, 0.6) is 0 Å². The van der Waals surface area contributed by atoms with Gasteiger partial charge in [0.1, 0.15) is 5.01 Å². The zero-order valence-corrected chi connectivity index (χ0v) is 15.2. The van der Waals surface area contributed by atoms with E-state index in [1.165, 1.54) is 4.88 Å². The van der Waals surface area contributed by atoms with Crippen LogP contribution in [0.3, 0.4) is 0 Å². The van der Waals surface area contributed by atoms with E-state index in [1.807, 2.05) is 22.9 Å². The van der Waals surface area contributed by atoms with Crippen molar-refractivity contribution in [1.82, 2.24) is 30.5 Å². The van der Waals surface area contributed by atoms with E-state index in [4.69, 9.17) is 4.98 Å². The summed E-state index contributed by atoms with van der Waals surface area (Å²) in [5.41, 5.74) is 2.23. The molecule has 1 aromatic carbocycles. The molecule has 0 radical (unpaired) electrons. The van der Waals surface area contributed by atoms with Crippen molar-refractivity contribution < 1.29 is 0 Å². The molecule has 0 amide bonds. The molecule has 0 aliphatic rings. The Morgan fingerprint density at radius 1 is 1.17 bits per heavy atom. The second-order valence-electron chi connectivity index (χ2n) is 6.07. The summed E-state index contributed by atoms with van der Waals surface area (Å²) in [5, 5.41) is 16.5. The zero-order chi connectivity index (χ0) is 17.1. The fourth-order valence-corrected chi connectivity index (χ4v) is 3.68. The SMILES string of the molecule is Cc1nc(-c2ccccc2)sc1[C@@H](C)NCc1nnnn1C(C)C. The van der Waals surface area contributed by atoms with Crippen LogP contribution >= 0.6 is 11.3 Å². The van der Waals surface area contributed by atoms with E-state index in [9.17, 15) is 0 Å². The van der Waals surface area contributed by atoms with E-state index < -0.39 is 0 Å². The third kappa shape index (κ3) is 3.52. The van der Waals surface area contributed by atoms with Crippen LogP contribution < -0.4 is 5.32 Å². The lowest BCUT2D eigenvalue weighted by molar-refractivity contribution is 0.469. The largest absolute Gasteiger partial charge is 0.302 e. The van der Waals surface area contributed by atoms with Gasteiger partial charge in [-0.2, -0.15) is 0 Å². The summed E-state index contributed by atoms with van der Waals surface area (Å²) in [6.07, 6.45) is 0. The number of hydrogen-bond acceptors (Lipinski definition) is 6. The minimum absolute atomic E-state index is 0.192. The molecule has 2 heterocycles. The molecule has 0 saturated carbocycles. The molecule has 0 aliphatic heterocycles. The maximum atomic E-state index is 4.73. The number of benzene rings is 1. The topological polar surface area (TPSA) is 68.5 Å². The van der Waals surface area contributed by atoms with Crippen LogP contribution in [0.25, 0.3) is 10.6 Å². The van der Waals surface area contributed by atoms with Gasteiger partial charge in [-0.05, 0) is 38.1 Å². The van der Waals surface area contributed by atoms with Crippen LogP contribution in [0.4, 0.5) is 0 Å². The molecular formula is C17H22N6S. The molecule has 6 nitrogen and oxygen atoms in total. The number of nitrogens with one attached hydrogen (secondary N) is 1. The second kappa shape index (κ2) is 7.19. The van der Waals surface area contributed by atoms with Gasteiger partial charge in [-0.1, -0.05) is 30.3 Å². The molecule has 0 unspecified atom stereocenters. The molecule has 0 bridgehead atoms. The van der Waals surface area contributed by atoms with Crippen molar-refractivity contribution in [3.8, 4) is 10.6 Å². The van der Waals surface area contributed by atoms with Crippen molar-refractivity contribution in [2.75, 3.05) is 0 Å². The highest BCUT2D eigenvalue weighted by Crippen LogP contribution is 2.31. The highest BCUT2D eigenvalue weighted by Gasteiger charge is 2.16. The fraction of sp³-hybridized carbons (Fsp3) is 0.412. The maximum Gasteiger partial charge on any atom is 0.165 e. The lowest BCUT2D eigenvalue weighted by Crippen LogP contribution is -2.21. The van der Waals surface area contributed by atoms with Crippen molar-refractivity contribution in [3.05, 3.63) is 46.7 Å². The van der Waals surface area contributed by atoms with E-state index in [0.29, 0.717) is 6.54 Å². The summed E-state index contributed by atoms with van der Waals surface area (Å²) >= 11 is 1.74. The minimum atomic E-state index is 0.192. The molecule has 0 aliphatic carbocycles. The average molecular weight is 342 g/mol. The Morgan fingerprint density at radius 3 is 2.62 bits per heavy atom. The number of nitrogens with zero attached hydrogens (tertiary/aromatic N) is 5. The summed E-state index contributed by atoms with van der Waals surface area (Å²) in [4.78, 5) is 5.97. The second-order valence-corrected chi connectivity index (χ2v) is 7.10. The molecule has 0 fully saturated rings. The van der Waals surface area contributed by atoms with Crippen molar-refractivity contribution in [2.45, 2.75) is 46.3 Å². The molecule has 24 heavy (non-hydrogen) atoms. The van der Waals surface area contributed by atoms with Gasteiger partial charge in [-0.25, -0.2) is 9.67 Å². The van der Waals surface area contributed by atoms with Crippen LogP contribution in [-0.4, -0.2) is 25.2 Å². The third-order valence-electron chi connectivity index (χ3n) is 3.86. The quantitative estimate of drug-likeness (QED) is 0.742. The summed E-state index contributed by atoms with van der Waals surface area (Å²) in [6.45, 7) is 8.99. The summed E-state index contributed by atoms with van der Waals surface area (Å²) in [6, 6.07) is 10.7. The van der Waals surface area contributed by atoms with E-state index in [2.05, 4.69) is 60.7 Å². The number of aromatic nitrogens is 5. The van der Waals surface area contributed by atoms with Gasteiger partial charge in [0.2, 0.25) is 0 Å². The van der Waals surface area contributed by atoms with Crippen LogP contribution in [0.1, 0.15) is 49.3 Å². The van der Waals surface area contributed by atoms with Gasteiger partial charge in [-0.15, -0.1) is 16.4 Å². The zero-order valence-electron chi connectivity index (χ0n) is 14.4. The van der Waals surface area contributed by atoms with Crippen molar-refractivity contribution >= 4 is 11.3 Å². The first-order valence-corrected chi connectivity index (χ1v) is 8.90. The predicted octanol–water partition coefficient (Wildman–Crippen LogP) is 3.54. The molecule has 3 rings (SSSR count). The molecule has 1 N–H and O–H groups in total. The lowest BCUT2D eigenvalue weighted by atomic mass is 10.2. The minimum Gasteiger partial charge on any atom is -0.302 e. The van der Waals surface area contributed by atoms with Gasteiger partial charge < -0.3 is 5.32 Å². The van der Waals surface area contributed by atoms with Gasteiger partial charge in [0.05, 0.1) is 18.3 Å². The van der Waals surface area contributed by atoms with E-state index in [-0.39, 0.29) is 12.1 Å².